The second-order valence-electron chi connectivity index (χ2n) is 3.66. The van der Waals surface area contributed by atoms with E-state index in [4.69, 9.17) is 4.52 Å². The number of nitrogens with one attached hydrogen (secondary N) is 2. The zero-order valence-corrected chi connectivity index (χ0v) is 9.12. The quantitative estimate of drug-likeness (QED) is 0.816. The van der Waals surface area contributed by atoms with Crippen LogP contribution in [0.5, 0.6) is 0 Å². The molecule has 17 heavy (non-hydrogen) atoms. The molecule has 2 aromatic heterocycles. The summed E-state index contributed by atoms with van der Waals surface area (Å²) < 4.78 is 18.4. The van der Waals surface area contributed by atoms with E-state index in [2.05, 4.69) is 25.8 Å². The zero-order valence-electron chi connectivity index (χ0n) is 9.12. The summed E-state index contributed by atoms with van der Waals surface area (Å²) in [6, 6.07) is 0.304. The average molecular weight is 235 g/mol. The number of hydrogen-bond acceptors (Lipinski definition) is 6. The minimum Gasteiger partial charge on any atom is -0.383 e. The van der Waals surface area contributed by atoms with Gasteiger partial charge in [-0.2, -0.15) is 4.98 Å². The van der Waals surface area contributed by atoms with Crippen molar-refractivity contribution in [2.45, 2.75) is 6.42 Å². The lowest BCUT2D eigenvalue weighted by molar-refractivity contribution is 0.434. The number of nitrogens with zero attached hydrogens (tertiary/aromatic N) is 3. The Bertz CT molecular complexity index is 568. The molecule has 0 atom stereocenters. The van der Waals surface area contributed by atoms with Crippen LogP contribution in [0.25, 0.3) is 11.5 Å². The van der Waals surface area contributed by atoms with Gasteiger partial charge in [-0.05, 0) is 6.42 Å². The molecule has 1 aliphatic rings. The van der Waals surface area contributed by atoms with Crippen molar-refractivity contribution in [2.75, 3.05) is 24.2 Å². The van der Waals surface area contributed by atoms with E-state index in [9.17, 15) is 4.39 Å². The van der Waals surface area contributed by atoms with Crippen molar-refractivity contribution in [1.29, 1.82) is 0 Å². The van der Waals surface area contributed by atoms with E-state index < -0.39 is 0 Å². The number of rotatable bonds is 2. The van der Waals surface area contributed by atoms with Crippen LogP contribution in [0.1, 0.15) is 5.56 Å². The Morgan fingerprint density at radius 1 is 1.53 bits per heavy atom. The highest BCUT2D eigenvalue weighted by atomic mass is 19.1. The molecule has 6 nitrogen and oxygen atoms in total. The number of hydrogen-bond donors (Lipinski definition) is 2. The van der Waals surface area contributed by atoms with Crippen molar-refractivity contribution >= 4 is 11.7 Å². The van der Waals surface area contributed by atoms with Crippen molar-refractivity contribution in [2.24, 2.45) is 0 Å². The molecule has 0 saturated heterocycles. The van der Waals surface area contributed by atoms with E-state index in [1.165, 1.54) is 6.20 Å². The molecule has 0 aliphatic carbocycles. The maximum Gasteiger partial charge on any atom is 0.321 e. The Balaban J connectivity index is 2.12. The largest absolute Gasteiger partial charge is 0.383 e. The van der Waals surface area contributed by atoms with Gasteiger partial charge in [-0.1, -0.05) is 5.16 Å². The molecule has 0 bridgehead atoms. The van der Waals surface area contributed by atoms with Gasteiger partial charge in [0.2, 0.25) is 5.82 Å². The first kappa shape index (κ1) is 10.0. The average Bonchev–Trinajstić information content (AvgIpc) is 2.98. The first-order chi connectivity index (χ1) is 8.29. The third-order valence-corrected chi connectivity index (χ3v) is 2.66. The fourth-order valence-corrected chi connectivity index (χ4v) is 1.86. The van der Waals surface area contributed by atoms with Gasteiger partial charge in [0.1, 0.15) is 11.5 Å². The maximum atomic E-state index is 13.5. The molecule has 0 unspecified atom stereocenters. The van der Waals surface area contributed by atoms with Gasteiger partial charge >= 0.3 is 6.01 Å². The monoisotopic (exact) mass is 235 g/mol. The highest BCUT2D eigenvalue weighted by Crippen LogP contribution is 2.32. The fraction of sp³-hybridized carbons (Fsp3) is 0.300. The number of anilines is 2. The smallest absolute Gasteiger partial charge is 0.321 e. The van der Waals surface area contributed by atoms with Gasteiger partial charge in [0.15, 0.2) is 0 Å². The predicted octanol–water partition coefficient (Wildman–Crippen LogP) is 1.28. The summed E-state index contributed by atoms with van der Waals surface area (Å²) in [5.41, 5.74) is 1.81. The number of fused-ring (bicyclic) bond motifs is 1. The van der Waals surface area contributed by atoms with Crippen molar-refractivity contribution in [3.05, 3.63) is 17.6 Å². The van der Waals surface area contributed by atoms with E-state index in [-0.39, 0.29) is 5.82 Å². The van der Waals surface area contributed by atoms with Gasteiger partial charge in [0.05, 0.1) is 11.9 Å². The molecule has 1 aliphatic heterocycles. The minimum atomic E-state index is -0.300. The summed E-state index contributed by atoms with van der Waals surface area (Å²) in [6.45, 7) is 0.696. The van der Waals surface area contributed by atoms with Crippen LogP contribution in [0.2, 0.25) is 0 Å². The van der Waals surface area contributed by atoms with Gasteiger partial charge in [-0.15, -0.1) is 0 Å². The van der Waals surface area contributed by atoms with Crippen LogP contribution in [-0.4, -0.2) is 28.7 Å². The molecule has 0 radical (unpaired) electrons. The number of aromatic nitrogens is 3. The van der Waals surface area contributed by atoms with Gasteiger partial charge in [0.25, 0.3) is 0 Å². The lowest BCUT2D eigenvalue weighted by Gasteiger charge is -2.04. The van der Waals surface area contributed by atoms with E-state index in [1.54, 1.807) is 7.05 Å². The standard InChI is InChI=1S/C10H10FN5O/c1-12-10-15-9(16-17-10)8-7-5(2-3-13-7)6(11)4-14-8/h4,13H,2-3H2,1H3,(H,12,15,16). The minimum absolute atomic E-state index is 0.300. The molecular formula is C10H10FN5O. The summed E-state index contributed by atoms with van der Waals surface area (Å²) in [7, 11) is 1.68. The lowest BCUT2D eigenvalue weighted by atomic mass is 10.1. The van der Waals surface area contributed by atoms with Crippen LogP contribution in [-0.2, 0) is 6.42 Å². The van der Waals surface area contributed by atoms with Crippen LogP contribution in [0.4, 0.5) is 16.1 Å². The molecule has 0 saturated carbocycles. The Hall–Kier alpha value is -2.18. The number of pyridine rings is 1. The van der Waals surface area contributed by atoms with Crippen LogP contribution < -0.4 is 10.6 Å². The molecule has 0 spiro atoms. The van der Waals surface area contributed by atoms with Gasteiger partial charge in [0, 0.05) is 19.2 Å². The first-order valence-electron chi connectivity index (χ1n) is 5.22. The first-order valence-corrected chi connectivity index (χ1v) is 5.22. The van der Waals surface area contributed by atoms with Crippen LogP contribution >= 0.6 is 0 Å². The van der Waals surface area contributed by atoms with Crippen LogP contribution in [0, 0.1) is 5.82 Å². The second-order valence-corrected chi connectivity index (χ2v) is 3.66. The molecule has 3 rings (SSSR count). The SMILES string of the molecule is CNc1nc(-c2ncc(F)c3c2NCC3)no1. The van der Waals surface area contributed by atoms with E-state index in [0.717, 1.165) is 0 Å². The Morgan fingerprint density at radius 2 is 2.41 bits per heavy atom. The van der Waals surface area contributed by atoms with Gasteiger partial charge < -0.3 is 15.2 Å². The maximum absolute atomic E-state index is 13.5. The topological polar surface area (TPSA) is 75.9 Å². The summed E-state index contributed by atoms with van der Waals surface area (Å²) in [5, 5.41) is 9.62. The zero-order chi connectivity index (χ0) is 11.8. The van der Waals surface area contributed by atoms with Crippen LogP contribution in [0.3, 0.4) is 0 Å². The molecule has 0 aromatic carbocycles. The molecule has 2 aromatic rings. The molecular weight excluding hydrogens is 225 g/mol. The molecule has 3 heterocycles. The third kappa shape index (κ3) is 1.50. The van der Waals surface area contributed by atoms with Crippen molar-refractivity contribution in [3.8, 4) is 11.5 Å². The summed E-state index contributed by atoms with van der Waals surface area (Å²) >= 11 is 0. The van der Waals surface area contributed by atoms with Crippen molar-refractivity contribution in [1.82, 2.24) is 15.1 Å². The Morgan fingerprint density at radius 3 is 3.18 bits per heavy atom. The van der Waals surface area contributed by atoms with Crippen LogP contribution in [0.15, 0.2) is 10.7 Å². The highest BCUT2D eigenvalue weighted by Gasteiger charge is 2.23. The Labute approximate surface area is 96.2 Å². The van der Waals surface area contributed by atoms with Crippen molar-refractivity contribution < 1.29 is 8.91 Å². The van der Waals surface area contributed by atoms with E-state index in [1.807, 2.05) is 0 Å². The summed E-state index contributed by atoms with van der Waals surface area (Å²) in [5.74, 6) is 0.0473. The van der Waals surface area contributed by atoms with Gasteiger partial charge in [-0.3, -0.25) is 0 Å². The molecule has 0 amide bonds. The molecule has 0 fully saturated rings. The predicted molar refractivity (Wildman–Crippen MR) is 59.2 cm³/mol. The van der Waals surface area contributed by atoms with Crippen molar-refractivity contribution in [3.63, 3.8) is 0 Å². The second kappa shape index (κ2) is 3.69. The fourth-order valence-electron chi connectivity index (χ4n) is 1.86. The lowest BCUT2D eigenvalue weighted by Crippen LogP contribution is -1.97. The van der Waals surface area contributed by atoms with E-state index >= 15 is 0 Å². The molecule has 2 N–H and O–H groups in total. The summed E-state index contributed by atoms with van der Waals surface area (Å²) in [6.07, 6.45) is 1.84. The van der Waals surface area contributed by atoms with Gasteiger partial charge in [-0.25, -0.2) is 9.37 Å². The normalized spacial score (nSPS) is 13.3. The Kier molecular flexibility index (Phi) is 2.17. The van der Waals surface area contributed by atoms with E-state index in [0.29, 0.717) is 41.7 Å². The third-order valence-electron chi connectivity index (χ3n) is 2.66. The number of halogens is 1. The molecule has 7 heteroatoms. The molecule has 88 valence electrons. The summed E-state index contributed by atoms with van der Waals surface area (Å²) in [4.78, 5) is 8.11. The highest BCUT2D eigenvalue weighted by molar-refractivity contribution is 5.74.